The highest BCUT2D eigenvalue weighted by atomic mass is 32.2. The van der Waals surface area contributed by atoms with E-state index in [9.17, 15) is 18.5 Å². The number of benzene rings is 1. The maximum atomic E-state index is 11.7. The van der Waals surface area contributed by atoms with Crippen molar-refractivity contribution < 1.29 is 13.3 Å². The topological polar surface area (TPSA) is 102 Å². The largest absolute Gasteiger partial charge is 0.374 e. The number of para-hydroxylation sites is 1. The summed E-state index contributed by atoms with van der Waals surface area (Å²) >= 11 is 1.43. The Kier molecular flexibility index (Phi) is 4.24. The van der Waals surface area contributed by atoms with Crippen LogP contribution in [0.2, 0.25) is 0 Å². The highest BCUT2D eigenvalue weighted by Gasteiger charge is 2.26. The van der Waals surface area contributed by atoms with Gasteiger partial charge >= 0.3 is 5.69 Å². The van der Waals surface area contributed by atoms with Crippen LogP contribution in [0, 0.1) is 17.0 Å². The van der Waals surface area contributed by atoms with Crippen molar-refractivity contribution in [2.24, 2.45) is 0 Å². The van der Waals surface area contributed by atoms with Crippen LogP contribution in [0.1, 0.15) is 10.6 Å². The molecule has 2 aromatic rings. The first-order valence-electron chi connectivity index (χ1n) is 5.91. The molecule has 0 bridgehead atoms. The van der Waals surface area contributed by atoms with E-state index < -0.39 is 20.4 Å². The van der Waals surface area contributed by atoms with Crippen LogP contribution in [0.15, 0.2) is 28.6 Å². The van der Waals surface area contributed by atoms with Crippen LogP contribution in [-0.4, -0.2) is 24.6 Å². The zero-order valence-corrected chi connectivity index (χ0v) is 13.0. The van der Waals surface area contributed by atoms with Gasteiger partial charge in [0.2, 0.25) is 0 Å². The maximum Gasteiger partial charge on any atom is 0.310 e. The van der Waals surface area contributed by atoms with Gasteiger partial charge in [-0.2, -0.15) is 0 Å². The number of sulfone groups is 1. The SMILES string of the molecule is Cc1ncsc1CNc1cccc(S(C)(=O)=O)c1[N+](=O)[O-]. The van der Waals surface area contributed by atoms with E-state index in [0.29, 0.717) is 6.54 Å². The van der Waals surface area contributed by atoms with Crippen LogP contribution < -0.4 is 5.32 Å². The first kappa shape index (κ1) is 15.4. The van der Waals surface area contributed by atoms with Crippen LogP contribution >= 0.6 is 11.3 Å². The summed E-state index contributed by atoms with van der Waals surface area (Å²) in [5.41, 5.74) is 2.28. The molecule has 0 unspecified atom stereocenters. The lowest BCUT2D eigenvalue weighted by atomic mass is 10.2. The Morgan fingerprint density at radius 3 is 2.67 bits per heavy atom. The third kappa shape index (κ3) is 3.37. The second kappa shape index (κ2) is 5.78. The minimum atomic E-state index is -3.67. The number of hydrogen-bond donors (Lipinski definition) is 1. The molecule has 21 heavy (non-hydrogen) atoms. The molecule has 0 radical (unpaired) electrons. The van der Waals surface area contributed by atoms with Gasteiger partial charge in [0.15, 0.2) is 9.84 Å². The highest BCUT2D eigenvalue weighted by molar-refractivity contribution is 7.90. The first-order valence-corrected chi connectivity index (χ1v) is 8.68. The van der Waals surface area contributed by atoms with Gasteiger partial charge in [0, 0.05) is 11.1 Å². The molecule has 7 nitrogen and oxygen atoms in total. The number of nitro benzene ring substituents is 1. The Hall–Kier alpha value is -2.00. The van der Waals surface area contributed by atoms with Crippen molar-refractivity contribution in [1.29, 1.82) is 0 Å². The monoisotopic (exact) mass is 327 g/mol. The summed E-state index contributed by atoms with van der Waals surface area (Å²) in [6.45, 7) is 2.19. The number of hydrogen-bond acceptors (Lipinski definition) is 7. The molecule has 0 aliphatic heterocycles. The van der Waals surface area contributed by atoms with Crippen molar-refractivity contribution in [3.8, 4) is 0 Å². The molecule has 9 heteroatoms. The summed E-state index contributed by atoms with van der Waals surface area (Å²) in [5.74, 6) is 0. The Labute approximate surface area is 125 Å². The third-order valence-corrected chi connectivity index (χ3v) is 4.93. The van der Waals surface area contributed by atoms with Crippen LogP contribution in [0.4, 0.5) is 11.4 Å². The van der Waals surface area contributed by atoms with Gasteiger partial charge in [-0.05, 0) is 19.1 Å². The van der Waals surface area contributed by atoms with E-state index in [-0.39, 0.29) is 10.6 Å². The van der Waals surface area contributed by atoms with Crippen molar-refractivity contribution in [1.82, 2.24) is 4.98 Å². The highest BCUT2D eigenvalue weighted by Crippen LogP contribution is 2.32. The summed E-state index contributed by atoms with van der Waals surface area (Å²) in [6, 6.07) is 4.20. The van der Waals surface area contributed by atoms with Gasteiger partial charge in [-0.15, -0.1) is 11.3 Å². The average Bonchev–Trinajstić information content (AvgIpc) is 2.80. The summed E-state index contributed by atoms with van der Waals surface area (Å²) in [6.07, 6.45) is 0.951. The van der Waals surface area contributed by atoms with Crippen molar-refractivity contribution in [3.05, 3.63) is 44.4 Å². The molecule has 0 amide bonds. The number of nitrogens with zero attached hydrogens (tertiary/aromatic N) is 2. The van der Waals surface area contributed by atoms with Crippen molar-refractivity contribution in [3.63, 3.8) is 0 Å². The molecule has 2 rings (SSSR count). The molecule has 0 spiro atoms. The van der Waals surface area contributed by atoms with E-state index in [4.69, 9.17) is 0 Å². The van der Waals surface area contributed by atoms with Gasteiger partial charge in [-0.1, -0.05) is 6.07 Å². The second-order valence-electron chi connectivity index (χ2n) is 4.40. The zero-order valence-electron chi connectivity index (χ0n) is 11.4. The quantitative estimate of drug-likeness (QED) is 0.668. The lowest BCUT2D eigenvalue weighted by Crippen LogP contribution is -2.07. The molecule has 0 saturated heterocycles. The van der Waals surface area contributed by atoms with Crippen LogP contribution in [0.3, 0.4) is 0 Å². The van der Waals surface area contributed by atoms with Crippen molar-refractivity contribution in [2.75, 3.05) is 11.6 Å². The van der Waals surface area contributed by atoms with E-state index in [1.54, 1.807) is 5.51 Å². The van der Waals surface area contributed by atoms with Crippen molar-refractivity contribution >= 4 is 32.5 Å². The van der Waals surface area contributed by atoms with Gasteiger partial charge < -0.3 is 5.32 Å². The number of anilines is 1. The average molecular weight is 327 g/mol. The Balaban J connectivity index is 2.40. The molecule has 0 atom stereocenters. The molecular formula is C12H13N3O4S2. The van der Waals surface area contributed by atoms with E-state index >= 15 is 0 Å². The number of nitro groups is 1. The van der Waals surface area contributed by atoms with Gasteiger partial charge in [0.1, 0.15) is 10.6 Å². The molecular weight excluding hydrogens is 314 g/mol. The Morgan fingerprint density at radius 1 is 1.43 bits per heavy atom. The predicted octanol–water partition coefficient (Wildman–Crippen LogP) is 2.38. The third-order valence-electron chi connectivity index (χ3n) is 2.87. The molecule has 112 valence electrons. The van der Waals surface area contributed by atoms with Crippen LogP contribution in [0.5, 0.6) is 0 Å². The lowest BCUT2D eigenvalue weighted by Gasteiger charge is -2.09. The standard InChI is InChI=1S/C12H13N3O4S2/c1-8-10(20-7-14-8)6-13-9-4-3-5-11(21(2,18)19)12(9)15(16)17/h3-5,7,13H,6H2,1-2H3. The second-order valence-corrected chi connectivity index (χ2v) is 7.32. The lowest BCUT2D eigenvalue weighted by molar-refractivity contribution is -0.386. The fraction of sp³-hybridized carbons (Fsp3) is 0.250. The number of rotatable bonds is 5. The maximum absolute atomic E-state index is 11.7. The van der Waals surface area contributed by atoms with Crippen molar-refractivity contribution in [2.45, 2.75) is 18.4 Å². The fourth-order valence-electron chi connectivity index (χ4n) is 1.82. The Morgan fingerprint density at radius 2 is 2.14 bits per heavy atom. The number of aryl methyl sites for hydroxylation is 1. The summed E-state index contributed by atoms with van der Waals surface area (Å²) < 4.78 is 23.3. The number of thiazole rings is 1. The van der Waals surface area contributed by atoms with Gasteiger partial charge in [0.25, 0.3) is 0 Å². The predicted molar refractivity (Wildman–Crippen MR) is 80.4 cm³/mol. The molecule has 0 aliphatic carbocycles. The van der Waals surface area contributed by atoms with E-state index in [2.05, 4.69) is 10.3 Å². The fourth-order valence-corrected chi connectivity index (χ4v) is 3.40. The zero-order chi connectivity index (χ0) is 15.6. The summed E-state index contributed by atoms with van der Waals surface area (Å²) in [4.78, 5) is 15.3. The van der Waals surface area contributed by atoms with E-state index in [1.807, 2.05) is 6.92 Å². The van der Waals surface area contributed by atoms with E-state index in [0.717, 1.165) is 16.8 Å². The molecule has 1 aromatic heterocycles. The molecule has 0 fully saturated rings. The normalized spacial score (nSPS) is 11.3. The van der Waals surface area contributed by atoms with E-state index in [1.165, 1.54) is 29.5 Å². The number of nitrogens with one attached hydrogen (secondary N) is 1. The van der Waals surface area contributed by atoms with Crippen LogP contribution in [-0.2, 0) is 16.4 Å². The van der Waals surface area contributed by atoms with Gasteiger partial charge in [0.05, 0.1) is 22.7 Å². The Bertz CT molecular complexity index is 784. The minimum Gasteiger partial charge on any atom is -0.374 e. The van der Waals surface area contributed by atoms with Gasteiger partial charge in [-0.25, -0.2) is 13.4 Å². The smallest absolute Gasteiger partial charge is 0.310 e. The van der Waals surface area contributed by atoms with Gasteiger partial charge in [-0.3, -0.25) is 10.1 Å². The molecule has 0 aliphatic rings. The number of aromatic nitrogens is 1. The molecule has 1 heterocycles. The minimum absolute atomic E-state index is 0.177. The first-order chi connectivity index (χ1) is 9.80. The molecule has 1 aromatic carbocycles. The summed E-state index contributed by atoms with van der Waals surface area (Å²) in [7, 11) is -3.67. The van der Waals surface area contributed by atoms with Crippen LogP contribution in [0.25, 0.3) is 0 Å². The summed E-state index contributed by atoms with van der Waals surface area (Å²) in [5, 5.41) is 14.1. The molecule has 0 saturated carbocycles. The molecule has 1 N–H and O–H groups in total.